The topological polar surface area (TPSA) is 57.2 Å². The first kappa shape index (κ1) is 25.5. The lowest BCUT2D eigenvalue weighted by Crippen LogP contribution is -2.48. The lowest BCUT2D eigenvalue weighted by Gasteiger charge is -2.43. The molecule has 0 saturated carbocycles. The molecule has 3 rings (SSSR count). The smallest absolute Gasteiger partial charge is 0.338 e. The highest BCUT2D eigenvalue weighted by Crippen LogP contribution is 2.44. The predicted octanol–water partition coefficient (Wildman–Crippen LogP) is 4.90. The predicted molar refractivity (Wildman–Crippen MR) is 126 cm³/mol. The van der Waals surface area contributed by atoms with Gasteiger partial charge in [0.05, 0.1) is 32.4 Å². The average molecular weight is 488 g/mol. The summed E-state index contributed by atoms with van der Waals surface area (Å²) in [4.78, 5) is 16.2. The fraction of sp³-hybridized carbons (Fsp3) is 0.409. The first-order chi connectivity index (χ1) is 14.4. The molecule has 0 bridgehead atoms. The molecule has 1 atom stereocenters. The zero-order chi connectivity index (χ0) is 21.9. The van der Waals surface area contributed by atoms with Crippen LogP contribution in [0.25, 0.3) is 0 Å². The van der Waals surface area contributed by atoms with Gasteiger partial charge < -0.3 is 18.9 Å². The van der Waals surface area contributed by atoms with E-state index in [1.54, 1.807) is 23.9 Å². The van der Waals surface area contributed by atoms with Crippen LogP contribution in [0.3, 0.4) is 0 Å². The average Bonchev–Trinajstić information content (AvgIpc) is 2.76. The van der Waals surface area contributed by atoms with E-state index in [1.165, 1.54) is 21.3 Å². The summed E-state index contributed by atoms with van der Waals surface area (Å²) >= 11 is 8.08. The van der Waals surface area contributed by atoms with Crippen molar-refractivity contribution in [3.63, 3.8) is 0 Å². The summed E-state index contributed by atoms with van der Waals surface area (Å²) in [5, 5.41) is 0.665. The van der Waals surface area contributed by atoms with Gasteiger partial charge >= 0.3 is 5.97 Å². The monoisotopic (exact) mass is 487 g/mol. The van der Waals surface area contributed by atoms with Gasteiger partial charge in [-0.05, 0) is 56.4 Å². The quantitative estimate of drug-likeness (QED) is 0.514. The van der Waals surface area contributed by atoms with Gasteiger partial charge in [0.25, 0.3) is 0 Å². The van der Waals surface area contributed by atoms with Crippen LogP contribution in [-0.4, -0.2) is 58.7 Å². The summed E-state index contributed by atoms with van der Waals surface area (Å²) < 4.78 is 21.8. The molecule has 0 radical (unpaired) electrons. The minimum atomic E-state index is -0.461. The number of halogens is 2. The van der Waals surface area contributed by atoms with Crippen molar-refractivity contribution in [1.29, 1.82) is 0 Å². The highest BCUT2D eigenvalue weighted by Gasteiger charge is 2.41. The third-order valence-corrected chi connectivity index (χ3v) is 6.73. The number of ether oxygens (including phenoxy) is 4. The van der Waals surface area contributed by atoms with E-state index in [2.05, 4.69) is 4.90 Å². The van der Waals surface area contributed by atoms with Crippen LogP contribution in [0, 0.1) is 0 Å². The number of fused-ring (bicyclic) bond motifs is 1. The van der Waals surface area contributed by atoms with E-state index in [9.17, 15) is 4.79 Å². The molecule has 1 unspecified atom stereocenters. The molecule has 0 saturated heterocycles. The summed E-state index contributed by atoms with van der Waals surface area (Å²) in [6, 6.07) is 9.07. The fourth-order valence-corrected chi connectivity index (χ4v) is 5.07. The molecule has 6 nitrogen and oxygen atoms in total. The largest absolute Gasteiger partial charge is 0.493 e. The van der Waals surface area contributed by atoms with Gasteiger partial charge in [0.1, 0.15) is 6.61 Å². The molecule has 1 aliphatic heterocycles. The number of carbonyl (C=O) groups is 1. The Balaban J connectivity index is 0.00000341. The number of rotatable bonds is 7. The van der Waals surface area contributed by atoms with E-state index in [-0.39, 0.29) is 19.0 Å². The second-order valence-electron chi connectivity index (χ2n) is 7.16. The molecule has 0 amide bonds. The van der Waals surface area contributed by atoms with E-state index >= 15 is 0 Å². The molecule has 9 heteroatoms. The highest BCUT2D eigenvalue weighted by atomic mass is 35.5. The number of hydrogen-bond acceptors (Lipinski definition) is 7. The summed E-state index contributed by atoms with van der Waals surface area (Å²) in [5.41, 5.74) is 0.950. The minimum Gasteiger partial charge on any atom is -0.493 e. The van der Waals surface area contributed by atoms with Gasteiger partial charge in [-0.1, -0.05) is 11.6 Å². The van der Waals surface area contributed by atoms with Crippen molar-refractivity contribution in [2.45, 2.75) is 16.9 Å². The van der Waals surface area contributed by atoms with Crippen LogP contribution in [0.4, 0.5) is 0 Å². The van der Waals surface area contributed by atoms with E-state index in [1.807, 2.05) is 32.3 Å². The van der Waals surface area contributed by atoms with Crippen LogP contribution in [0.1, 0.15) is 22.3 Å². The number of benzene rings is 2. The Kier molecular flexibility index (Phi) is 8.77. The highest BCUT2D eigenvalue weighted by molar-refractivity contribution is 7.99. The van der Waals surface area contributed by atoms with E-state index in [0.717, 1.165) is 22.6 Å². The summed E-state index contributed by atoms with van der Waals surface area (Å²) in [7, 11) is 8.52. The van der Waals surface area contributed by atoms with Gasteiger partial charge in [0, 0.05) is 15.7 Å². The molecule has 1 heterocycles. The van der Waals surface area contributed by atoms with Crippen molar-refractivity contribution in [1.82, 2.24) is 4.90 Å². The number of nitrogens with zero attached hydrogens (tertiary/aromatic N) is 1. The maximum absolute atomic E-state index is 12.9. The Bertz CT molecular complexity index is 915. The Hall–Kier alpha value is -1.80. The lowest BCUT2D eigenvalue weighted by atomic mass is 9.86. The van der Waals surface area contributed by atoms with Gasteiger partial charge in [0.2, 0.25) is 5.75 Å². The summed E-state index contributed by atoms with van der Waals surface area (Å²) in [6.07, 6.45) is 0.834. The standard InChI is InChI=1S/C22H26ClNO5S.ClH/c1-24(2)22(8-9-30-19-7-6-15(23)12-16(19)22)13-29-21(25)14-10-17(26-3)20(28-5)18(11-14)27-4;/h6-7,10-12H,8-9,13H2,1-5H3;1H. The van der Waals surface area contributed by atoms with Gasteiger partial charge in [-0.3, -0.25) is 4.90 Å². The normalized spacial score (nSPS) is 17.4. The molecule has 2 aromatic rings. The number of esters is 1. The zero-order valence-electron chi connectivity index (χ0n) is 18.2. The Morgan fingerprint density at radius 3 is 2.29 bits per heavy atom. The second kappa shape index (κ2) is 10.7. The van der Waals surface area contributed by atoms with Crippen molar-refractivity contribution in [3.8, 4) is 17.2 Å². The van der Waals surface area contributed by atoms with Crippen molar-refractivity contribution in [2.24, 2.45) is 0 Å². The molecule has 1 aliphatic rings. The molecular weight excluding hydrogens is 461 g/mol. The second-order valence-corrected chi connectivity index (χ2v) is 8.73. The molecule has 0 fully saturated rings. The SMILES string of the molecule is COc1cc(C(=O)OCC2(N(C)C)CCSc3ccc(Cl)cc32)cc(OC)c1OC.Cl. The molecule has 0 N–H and O–H groups in total. The summed E-state index contributed by atoms with van der Waals surface area (Å²) in [6.45, 7) is 0.198. The van der Waals surface area contributed by atoms with Crippen molar-refractivity contribution in [3.05, 3.63) is 46.5 Å². The first-order valence-corrected chi connectivity index (χ1v) is 10.8. The van der Waals surface area contributed by atoms with Crippen LogP contribution in [0.2, 0.25) is 5.02 Å². The van der Waals surface area contributed by atoms with Crippen LogP contribution in [0.5, 0.6) is 17.2 Å². The molecule has 0 aliphatic carbocycles. The molecule has 0 spiro atoms. The van der Waals surface area contributed by atoms with Crippen molar-refractivity contribution < 1.29 is 23.7 Å². The van der Waals surface area contributed by atoms with E-state index < -0.39 is 11.5 Å². The molecule has 2 aromatic carbocycles. The van der Waals surface area contributed by atoms with Crippen molar-refractivity contribution >= 4 is 41.7 Å². The van der Waals surface area contributed by atoms with E-state index in [0.29, 0.717) is 27.8 Å². The van der Waals surface area contributed by atoms with Crippen LogP contribution in [0.15, 0.2) is 35.2 Å². The number of methoxy groups -OCH3 is 3. The number of hydrogen-bond donors (Lipinski definition) is 0. The Labute approximate surface area is 198 Å². The molecule has 31 heavy (non-hydrogen) atoms. The van der Waals surface area contributed by atoms with Crippen LogP contribution < -0.4 is 14.2 Å². The lowest BCUT2D eigenvalue weighted by molar-refractivity contribution is 0.0108. The fourth-order valence-electron chi connectivity index (χ4n) is 3.67. The van der Waals surface area contributed by atoms with Crippen molar-refractivity contribution in [2.75, 3.05) is 47.8 Å². The van der Waals surface area contributed by atoms with Crippen LogP contribution in [-0.2, 0) is 10.3 Å². The maximum Gasteiger partial charge on any atom is 0.338 e. The van der Waals surface area contributed by atoms with Gasteiger partial charge in [0.15, 0.2) is 11.5 Å². The molecule has 170 valence electrons. The number of likely N-dealkylation sites (N-methyl/N-ethyl adjacent to an activating group) is 1. The minimum absolute atomic E-state index is 0. The Morgan fingerprint density at radius 1 is 1.10 bits per heavy atom. The van der Waals surface area contributed by atoms with Gasteiger partial charge in [-0.25, -0.2) is 4.79 Å². The maximum atomic E-state index is 12.9. The first-order valence-electron chi connectivity index (χ1n) is 9.43. The zero-order valence-corrected chi connectivity index (χ0v) is 20.6. The van der Waals surface area contributed by atoms with E-state index in [4.69, 9.17) is 30.5 Å². The Morgan fingerprint density at radius 2 is 1.74 bits per heavy atom. The third-order valence-electron chi connectivity index (χ3n) is 5.41. The molecular formula is C22H27Cl2NO5S. The van der Waals surface area contributed by atoms with Crippen LogP contribution >= 0.6 is 35.8 Å². The number of carbonyl (C=O) groups excluding carboxylic acids is 1. The summed E-state index contributed by atoms with van der Waals surface area (Å²) in [5.74, 6) is 1.69. The molecule has 0 aromatic heterocycles. The number of thioether (sulfide) groups is 1. The van der Waals surface area contributed by atoms with Gasteiger partial charge in [-0.2, -0.15) is 0 Å². The third kappa shape index (κ3) is 5.00. The van der Waals surface area contributed by atoms with Gasteiger partial charge in [-0.15, -0.1) is 24.2 Å².